The van der Waals surface area contributed by atoms with E-state index in [1.807, 2.05) is 29.2 Å². The predicted octanol–water partition coefficient (Wildman–Crippen LogP) is 3.13. The molecule has 0 radical (unpaired) electrons. The Morgan fingerprint density at radius 1 is 1.23 bits per heavy atom. The Labute approximate surface area is 185 Å². The highest BCUT2D eigenvalue weighted by Crippen LogP contribution is 2.33. The lowest BCUT2D eigenvalue weighted by Crippen LogP contribution is -2.42. The lowest BCUT2D eigenvalue weighted by molar-refractivity contribution is -0.123. The van der Waals surface area contributed by atoms with Gasteiger partial charge in [-0.1, -0.05) is 29.8 Å². The van der Waals surface area contributed by atoms with Crippen LogP contribution in [0, 0.1) is 6.92 Å². The van der Waals surface area contributed by atoms with Crippen molar-refractivity contribution in [2.45, 2.75) is 13.5 Å². The van der Waals surface area contributed by atoms with Crippen molar-refractivity contribution in [2.75, 3.05) is 40.0 Å². The maximum atomic E-state index is 12.0. The van der Waals surface area contributed by atoms with E-state index >= 15 is 0 Å². The fourth-order valence-electron chi connectivity index (χ4n) is 2.94. The minimum atomic E-state index is -0.158. The fraction of sp³-hybridized carbons (Fsp3) is 0.364. The third kappa shape index (κ3) is 6.55. The Bertz CT molecular complexity index is 881. The van der Waals surface area contributed by atoms with Crippen molar-refractivity contribution in [1.29, 1.82) is 0 Å². The first-order valence-electron chi connectivity index (χ1n) is 9.73. The van der Waals surface area contributed by atoms with E-state index in [1.54, 1.807) is 13.3 Å². The third-order valence-corrected chi connectivity index (χ3v) is 5.35. The second-order valence-corrected chi connectivity index (χ2v) is 7.83. The summed E-state index contributed by atoms with van der Waals surface area (Å²) in [5.74, 6) is 1.05. The van der Waals surface area contributed by atoms with Gasteiger partial charge in [-0.05, 0) is 40.5 Å². The van der Waals surface area contributed by atoms with Crippen molar-refractivity contribution in [3.8, 4) is 11.5 Å². The van der Waals surface area contributed by atoms with Crippen molar-refractivity contribution >= 4 is 28.1 Å². The number of morpholine rings is 1. The molecule has 0 aliphatic carbocycles. The Kier molecular flexibility index (Phi) is 8.24. The highest BCUT2D eigenvalue weighted by molar-refractivity contribution is 9.10. The third-order valence-electron chi connectivity index (χ3n) is 4.66. The molecule has 160 valence electrons. The molecule has 7 nitrogen and oxygen atoms in total. The predicted molar refractivity (Wildman–Crippen MR) is 119 cm³/mol. The molecule has 0 aromatic heterocycles. The first-order chi connectivity index (χ1) is 14.5. The summed E-state index contributed by atoms with van der Waals surface area (Å²) in [6, 6.07) is 11.8. The van der Waals surface area contributed by atoms with Gasteiger partial charge >= 0.3 is 0 Å². The molecular formula is C22H26BrN3O4. The summed E-state index contributed by atoms with van der Waals surface area (Å²) in [6.45, 7) is 5.61. The molecule has 8 heteroatoms. The van der Waals surface area contributed by atoms with Gasteiger partial charge in [0.05, 0.1) is 33.1 Å². The zero-order valence-corrected chi connectivity index (χ0v) is 18.8. The summed E-state index contributed by atoms with van der Waals surface area (Å²) in [5, 5.41) is 4.07. The molecule has 2 aromatic rings. The zero-order valence-electron chi connectivity index (χ0n) is 17.2. The Hall–Kier alpha value is -2.42. The van der Waals surface area contributed by atoms with Crippen LogP contribution in [0.1, 0.15) is 16.7 Å². The SMILES string of the molecule is COc1cc(/C=N\NC(=O)CN2CCOCC2)c(Br)cc1OCc1ccc(C)cc1. The molecule has 2 aromatic carbocycles. The molecule has 0 unspecified atom stereocenters. The monoisotopic (exact) mass is 475 g/mol. The number of aryl methyl sites for hydroxylation is 1. The van der Waals surface area contributed by atoms with Crippen molar-refractivity contribution in [3.63, 3.8) is 0 Å². The summed E-state index contributed by atoms with van der Waals surface area (Å²) < 4.78 is 17.5. The molecule has 0 atom stereocenters. The normalized spacial score (nSPS) is 14.6. The van der Waals surface area contributed by atoms with Crippen LogP contribution in [-0.2, 0) is 16.1 Å². The van der Waals surface area contributed by atoms with Gasteiger partial charge in [-0.25, -0.2) is 5.43 Å². The Morgan fingerprint density at radius 2 is 1.97 bits per heavy atom. The number of methoxy groups -OCH3 is 1. The summed E-state index contributed by atoms with van der Waals surface area (Å²) in [4.78, 5) is 14.1. The van der Waals surface area contributed by atoms with Crippen molar-refractivity contribution < 1.29 is 19.0 Å². The number of carbonyl (C=O) groups is 1. The molecule has 1 heterocycles. The lowest BCUT2D eigenvalue weighted by atomic mass is 10.2. The van der Waals surface area contributed by atoms with Gasteiger partial charge in [0.15, 0.2) is 11.5 Å². The highest BCUT2D eigenvalue weighted by Gasteiger charge is 2.14. The van der Waals surface area contributed by atoms with Crippen LogP contribution in [0.4, 0.5) is 0 Å². The number of hydrogen-bond acceptors (Lipinski definition) is 6. The number of halogens is 1. The number of carbonyl (C=O) groups excluding carboxylic acids is 1. The van der Waals surface area contributed by atoms with Gasteiger partial charge in [-0.2, -0.15) is 5.10 Å². The van der Waals surface area contributed by atoms with Crippen LogP contribution in [0.5, 0.6) is 11.5 Å². The smallest absolute Gasteiger partial charge is 0.254 e. The standard InChI is InChI=1S/C22H26BrN3O4/c1-16-3-5-17(6-4-16)15-30-21-12-19(23)18(11-20(21)28-2)13-24-25-22(27)14-26-7-9-29-10-8-26/h3-6,11-13H,7-10,14-15H2,1-2H3,(H,25,27)/b24-13-. The molecule has 30 heavy (non-hydrogen) atoms. The Balaban J connectivity index is 1.59. The van der Waals surface area contributed by atoms with Gasteiger partial charge in [0.2, 0.25) is 0 Å². The number of hydrogen-bond donors (Lipinski definition) is 1. The second-order valence-electron chi connectivity index (χ2n) is 6.98. The van der Waals surface area contributed by atoms with Gasteiger partial charge in [0.1, 0.15) is 6.61 Å². The second kappa shape index (κ2) is 11.1. The molecule has 1 saturated heterocycles. The molecule has 1 N–H and O–H groups in total. The van der Waals surface area contributed by atoms with Crippen LogP contribution in [0.15, 0.2) is 46.0 Å². The molecule has 1 aliphatic rings. The van der Waals surface area contributed by atoms with Crippen molar-refractivity contribution in [3.05, 3.63) is 57.6 Å². The number of nitrogens with one attached hydrogen (secondary N) is 1. The summed E-state index contributed by atoms with van der Waals surface area (Å²) in [6.07, 6.45) is 1.58. The first-order valence-corrected chi connectivity index (χ1v) is 10.5. The van der Waals surface area contributed by atoms with E-state index in [0.717, 1.165) is 28.7 Å². The molecule has 3 rings (SSSR count). The van der Waals surface area contributed by atoms with Gasteiger partial charge < -0.3 is 14.2 Å². The summed E-state index contributed by atoms with van der Waals surface area (Å²) >= 11 is 3.53. The molecule has 0 bridgehead atoms. The molecule has 1 amide bonds. The van der Waals surface area contributed by atoms with E-state index < -0.39 is 0 Å². The van der Waals surface area contributed by atoms with E-state index in [1.165, 1.54) is 5.56 Å². The molecule has 0 saturated carbocycles. The maximum Gasteiger partial charge on any atom is 0.254 e. The van der Waals surface area contributed by atoms with Crippen LogP contribution in [0.25, 0.3) is 0 Å². The quantitative estimate of drug-likeness (QED) is 0.468. The molecule has 1 aliphatic heterocycles. The van der Waals surface area contributed by atoms with Gasteiger partial charge in [-0.15, -0.1) is 0 Å². The minimum Gasteiger partial charge on any atom is -0.493 e. The number of rotatable bonds is 8. The summed E-state index contributed by atoms with van der Waals surface area (Å²) in [5.41, 5.74) is 5.61. The average molecular weight is 476 g/mol. The van der Waals surface area contributed by atoms with Crippen molar-refractivity contribution in [1.82, 2.24) is 10.3 Å². The number of ether oxygens (including phenoxy) is 3. The van der Waals surface area contributed by atoms with E-state index in [0.29, 0.717) is 37.9 Å². The number of amides is 1. The number of nitrogens with zero attached hydrogens (tertiary/aromatic N) is 2. The van der Waals surface area contributed by atoms with E-state index in [4.69, 9.17) is 14.2 Å². The van der Waals surface area contributed by atoms with Crippen molar-refractivity contribution in [2.24, 2.45) is 5.10 Å². The van der Waals surface area contributed by atoms with E-state index in [2.05, 4.69) is 45.5 Å². The van der Waals surface area contributed by atoms with Gasteiger partial charge in [0.25, 0.3) is 5.91 Å². The minimum absolute atomic E-state index is 0.158. The lowest BCUT2D eigenvalue weighted by Gasteiger charge is -2.25. The van der Waals surface area contributed by atoms with Crippen LogP contribution in [0.2, 0.25) is 0 Å². The first kappa shape index (κ1) is 22.3. The van der Waals surface area contributed by atoms with E-state index in [-0.39, 0.29) is 5.91 Å². The highest BCUT2D eigenvalue weighted by atomic mass is 79.9. The Morgan fingerprint density at radius 3 is 2.67 bits per heavy atom. The van der Waals surface area contributed by atoms with E-state index in [9.17, 15) is 4.79 Å². The van der Waals surface area contributed by atoms with Gasteiger partial charge in [0, 0.05) is 23.1 Å². The van der Waals surface area contributed by atoms with Crippen LogP contribution in [0.3, 0.4) is 0 Å². The summed E-state index contributed by atoms with van der Waals surface area (Å²) in [7, 11) is 1.59. The topological polar surface area (TPSA) is 72.4 Å². The maximum absolute atomic E-state index is 12.0. The molecular weight excluding hydrogens is 450 g/mol. The average Bonchev–Trinajstić information content (AvgIpc) is 2.75. The van der Waals surface area contributed by atoms with Crippen LogP contribution >= 0.6 is 15.9 Å². The number of hydrazone groups is 1. The molecule has 0 spiro atoms. The van der Waals surface area contributed by atoms with Crippen LogP contribution in [-0.4, -0.2) is 57.0 Å². The molecule has 1 fully saturated rings. The van der Waals surface area contributed by atoms with Crippen LogP contribution < -0.4 is 14.9 Å². The largest absolute Gasteiger partial charge is 0.493 e. The fourth-order valence-corrected chi connectivity index (χ4v) is 3.36. The zero-order chi connectivity index (χ0) is 21.3. The number of benzene rings is 2. The van der Waals surface area contributed by atoms with Gasteiger partial charge in [-0.3, -0.25) is 9.69 Å².